The largest absolute Gasteiger partial charge is 0.465 e. The van der Waals surface area contributed by atoms with E-state index in [9.17, 15) is 23.4 Å². The number of hydrogen-bond donors (Lipinski definition) is 2. The minimum absolute atomic E-state index is 0.00743. The number of rotatable bonds is 3. The Bertz CT molecular complexity index is 702. The standard InChI is InChI=1S/C14H17NO7S/c1-8-2-4-9(5-3-8)23(19,20)22-11-6-15(14(17)18)12-10(16)7-21-13(11)12/h2-5,10-13,16H,6-7H2,1H3,(H,17,18). The summed E-state index contributed by atoms with van der Waals surface area (Å²) in [5.74, 6) is 0. The van der Waals surface area contributed by atoms with Gasteiger partial charge in [-0.15, -0.1) is 0 Å². The number of amides is 1. The molecule has 0 bridgehead atoms. The molecule has 0 radical (unpaired) electrons. The van der Waals surface area contributed by atoms with Crippen molar-refractivity contribution in [2.75, 3.05) is 13.2 Å². The summed E-state index contributed by atoms with van der Waals surface area (Å²) in [5, 5.41) is 19.0. The van der Waals surface area contributed by atoms with Crippen molar-refractivity contribution >= 4 is 16.2 Å². The first-order chi connectivity index (χ1) is 10.8. The van der Waals surface area contributed by atoms with Crippen LogP contribution < -0.4 is 0 Å². The highest BCUT2D eigenvalue weighted by Gasteiger charge is 2.54. The van der Waals surface area contributed by atoms with Gasteiger partial charge in [-0.2, -0.15) is 8.42 Å². The first-order valence-corrected chi connectivity index (χ1v) is 8.49. The van der Waals surface area contributed by atoms with Crippen LogP contribution in [0.1, 0.15) is 5.56 Å². The SMILES string of the molecule is Cc1ccc(S(=O)(=O)OC2CN(C(=O)O)C3C(O)COC23)cc1. The van der Waals surface area contributed by atoms with Crippen molar-refractivity contribution < 1.29 is 32.3 Å². The molecule has 2 aliphatic rings. The third-order valence-corrected chi connectivity index (χ3v) is 5.45. The molecular weight excluding hydrogens is 326 g/mol. The molecule has 0 saturated carbocycles. The quantitative estimate of drug-likeness (QED) is 0.753. The van der Waals surface area contributed by atoms with E-state index < -0.39 is 40.6 Å². The van der Waals surface area contributed by atoms with Crippen molar-refractivity contribution in [3.63, 3.8) is 0 Å². The van der Waals surface area contributed by atoms with Gasteiger partial charge in [-0.3, -0.25) is 9.08 Å². The summed E-state index contributed by atoms with van der Waals surface area (Å²) >= 11 is 0. The summed E-state index contributed by atoms with van der Waals surface area (Å²) in [5.41, 5.74) is 0.907. The minimum atomic E-state index is -4.05. The van der Waals surface area contributed by atoms with Crippen molar-refractivity contribution in [2.45, 2.75) is 36.2 Å². The second-order valence-electron chi connectivity index (χ2n) is 5.69. The van der Waals surface area contributed by atoms with Crippen LogP contribution in [0.15, 0.2) is 29.2 Å². The van der Waals surface area contributed by atoms with E-state index in [4.69, 9.17) is 8.92 Å². The topological polar surface area (TPSA) is 113 Å². The number of aryl methyl sites for hydroxylation is 1. The van der Waals surface area contributed by atoms with E-state index in [1.165, 1.54) is 12.1 Å². The summed E-state index contributed by atoms with van der Waals surface area (Å²) < 4.78 is 35.2. The monoisotopic (exact) mass is 343 g/mol. The van der Waals surface area contributed by atoms with Gasteiger partial charge in [0.25, 0.3) is 10.1 Å². The van der Waals surface area contributed by atoms with E-state index in [2.05, 4.69) is 0 Å². The van der Waals surface area contributed by atoms with E-state index >= 15 is 0 Å². The first-order valence-electron chi connectivity index (χ1n) is 7.09. The van der Waals surface area contributed by atoms with Crippen molar-refractivity contribution in [1.82, 2.24) is 4.90 Å². The maximum atomic E-state index is 12.3. The average molecular weight is 343 g/mol. The molecule has 1 aromatic rings. The highest BCUT2D eigenvalue weighted by Crippen LogP contribution is 2.33. The molecule has 8 nitrogen and oxygen atoms in total. The van der Waals surface area contributed by atoms with E-state index in [0.29, 0.717) is 0 Å². The second kappa shape index (κ2) is 5.75. The third kappa shape index (κ3) is 2.92. The zero-order chi connectivity index (χ0) is 16.8. The number of nitrogens with zero attached hydrogens (tertiary/aromatic N) is 1. The highest BCUT2D eigenvalue weighted by atomic mass is 32.2. The molecule has 23 heavy (non-hydrogen) atoms. The van der Waals surface area contributed by atoms with Gasteiger partial charge >= 0.3 is 6.09 Å². The summed E-state index contributed by atoms with van der Waals surface area (Å²) in [6.07, 6.45) is -4.03. The third-order valence-electron chi connectivity index (χ3n) is 4.10. The zero-order valence-electron chi connectivity index (χ0n) is 12.3. The van der Waals surface area contributed by atoms with Crippen LogP contribution in [-0.2, 0) is 19.0 Å². The molecule has 2 heterocycles. The van der Waals surface area contributed by atoms with Crippen LogP contribution in [0.3, 0.4) is 0 Å². The highest BCUT2D eigenvalue weighted by molar-refractivity contribution is 7.86. The number of ether oxygens (including phenoxy) is 1. The fraction of sp³-hybridized carbons (Fsp3) is 0.500. The van der Waals surface area contributed by atoms with Crippen LogP contribution in [-0.4, -0.2) is 67.1 Å². The van der Waals surface area contributed by atoms with Gasteiger partial charge in [-0.05, 0) is 19.1 Å². The molecule has 9 heteroatoms. The summed E-state index contributed by atoms with van der Waals surface area (Å²) in [7, 11) is -4.05. The van der Waals surface area contributed by atoms with Crippen LogP contribution in [0.2, 0.25) is 0 Å². The van der Waals surface area contributed by atoms with E-state index in [1.807, 2.05) is 6.92 Å². The summed E-state index contributed by atoms with van der Waals surface area (Å²) in [6, 6.07) is 5.33. The number of aliphatic hydroxyl groups excluding tert-OH is 1. The maximum absolute atomic E-state index is 12.3. The number of likely N-dealkylation sites (tertiary alicyclic amines) is 1. The van der Waals surface area contributed by atoms with E-state index in [-0.39, 0.29) is 18.0 Å². The van der Waals surface area contributed by atoms with Gasteiger partial charge in [-0.1, -0.05) is 17.7 Å². The van der Waals surface area contributed by atoms with Crippen LogP contribution in [0, 0.1) is 6.92 Å². The normalized spacial score (nSPS) is 30.4. The molecule has 2 fully saturated rings. The molecule has 0 aliphatic carbocycles. The fourth-order valence-corrected chi connectivity index (χ4v) is 4.05. The molecule has 4 atom stereocenters. The molecule has 1 amide bonds. The Kier molecular flexibility index (Phi) is 4.05. The lowest BCUT2D eigenvalue weighted by Crippen LogP contribution is -2.43. The van der Waals surface area contributed by atoms with Crippen LogP contribution in [0.5, 0.6) is 0 Å². The average Bonchev–Trinajstić information content (AvgIpc) is 3.01. The fourth-order valence-electron chi connectivity index (χ4n) is 2.97. The molecule has 0 spiro atoms. The Balaban J connectivity index is 1.82. The van der Waals surface area contributed by atoms with Gasteiger partial charge in [0, 0.05) is 0 Å². The number of carbonyl (C=O) groups is 1. The summed E-state index contributed by atoms with van der Waals surface area (Å²) in [4.78, 5) is 12.2. The van der Waals surface area contributed by atoms with Gasteiger partial charge < -0.3 is 14.9 Å². The number of carboxylic acid groups (broad SMARTS) is 1. The molecule has 1 aromatic carbocycles. The Labute approximate surface area is 133 Å². The number of fused-ring (bicyclic) bond motifs is 1. The van der Waals surface area contributed by atoms with Crippen LogP contribution >= 0.6 is 0 Å². The van der Waals surface area contributed by atoms with Crippen molar-refractivity contribution in [1.29, 1.82) is 0 Å². The lowest BCUT2D eigenvalue weighted by molar-refractivity contribution is 0.0268. The molecule has 2 aliphatic heterocycles. The Hall–Kier alpha value is -1.68. The predicted molar refractivity (Wildman–Crippen MR) is 77.5 cm³/mol. The Morgan fingerprint density at radius 2 is 2.00 bits per heavy atom. The van der Waals surface area contributed by atoms with Gasteiger partial charge in [-0.25, -0.2) is 4.79 Å². The summed E-state index contributed by atoms with van der Waals surface area (Å²) in [6.45, 7) is 1.60. The Morgan fingerprint density at radius 1 is 1.35 bits per heavy atom. The van der Waals surface area contributed by atoms with Crippen molar-refractivity contribution in [3.05, 3.63) is 29.8 Å². The van der Waals surface area contributed by atoms with Crippen LogP contribution in [0.4, 0.5) is 4.79 Å². The minimum Gasteiger partial charge on any atom is -0.465 e. The molecule has 126 valence electrons. The molecule has 2 saturated heterocycles. The smallest absolute Gasteiger partial charge is 0.407 e. The van der Waals surface area contributed by atoms with Crippen LogP contribution in [0.25, 0.3) is 0 Å². The molecule has 0 aromatic heterocycles. The molecular formula is C14H17NO7S. The molecule has 2 N–H and O–H groups in total. The molecule has 3 rings (SSSR count). The van der Waals surface area contributed by atoms with Gasteiger partial charge in [0.1, 0.15) is 18.3 Å². The lowest BCUT2D eigenvalue weighted by atomic mass is 10.1. The second-order valence-corrected chi connectivity index (χ2v) is 7.26. The van der Waals surface area contributed by atoms with E-state index in [1.54, 1.807) is 12.1 Å². The van der Waals surface area contributed by atoms with Gasteiger partial charge in [0.05, 0.1) is 24.1 Å². The maximum Gasteiger partial charge on any atom is 0.407 e. The number of aliphatic hydroxyl groups is 1. The van der Waals surface area contributed by atoms with E-state index in [0.717, 1.165) is 10.5 Å². The predicted octanol–water partition coefficient (Wildman–Crippen LogP) is 0.191. The lowest BCUT2D eigenvalue weighted by Gasteiger charge is -2.21. The molecule has 4 unspecified atom stereocenters. The van der Waals surface area contributed by atoms with Gasteiger partial charge in [0.15, 0.2) is 0 Å². The zero-order valence-corrected chi connectivity index (χ0v) is 13.1. The van der Waals surface area contributed by atoms with Crippen molar-refractivity contribution in [3.8, 4) is 0 Å². The Morgan fingerprint density at radius 3 is 2.61 bits per heavy atom. The van der Waals surface area contributed by atoms with Crippen molar-refractivity contribution in [2.24, 2.45) is 0 Å². The number of hydrogen-bond acceptors (Lipinski definition) is 6. The first kappa shape index (κ1) is 16.2. The number of benzene rings is 1. The van der Waals surface area contributed by atoms with Gasteiger partial charge in [0.2, 0.25) is 0 Å².